The van der Waals surface area contributed by atoms with Crippen LogP contribution in [0.2, 0.25) is 0 Å². The molecule has 3 aliphatic heterocycles. The maximum absolute atomic E-state index is 15.2. The van der Waals surface area contributed by atoms with Crippen molar-refractivity contribution < 1.29 is 14.4 Å². The number of hydrogen-bond acceptors (Lipinski definition) is 5. The Labute approximate surface area is 250 Å². The summed E-state index contributed by atoms with van der Waals surface area (Å²) in [5, 5.41) is 15.0. The first-order chi connectivity index (χ1) is 20.9. The number of hydrogen-bond donors (Lipinski definition) is 2. The molecule has 1 fully saturated rings. The molecule has 0 radical (unpaired) electrons. The summed E-state index contributed by atoms with van der Waals surface area (Å²) in [4.78, 5) is 51.8. The van der Waals surface area contributed by atoms with Gasteiger partial charge in [-0.25, -0.2) is 0 Å². The molecule has 0 aliphatic carbocycles. The van der Waals surface area contributed by atoms with E-state index in [1.807, 2.05) is 54.6 Å². The number of aromatic amines is 1. The summed E-state index contributed by atoms with van der Waals surface area (Å²) in [6.45, 7) is 2.53. The lowest BCUT2D eigenvalue weighted by Gasteiger charge is -2.45. The molecule has 3 aromatic carbocycles. The number of unbranched alkanes of at least 4 members (excludes halogenated alkanes) is 3. The average Bonchev–Trinajstić information content (AvgIpc) is 3.72. The Morgan fingerprint density at radius 2 is 1.67 bits per heavy atom. The monoisotopic (exact) mass is 571 g/mol. The smallest absolute Gasteiger partial charge is 0.253 e. The highest BCUT2D eigenvalue weighted by atomic mass is 16.2. The molecule has 0 unspecified atom stereocenters. The van der Waals surface area contributed by atoms with Crippen LogP contribution in [0, 0.1) is 16.7 Å². The Bertz CT molecular complexity index is 1860. The molecule has 2 amide bonds. The van der Waals surface area contributed by atoms with Gasteiger partial charge in [-0.3, -0.25) is 19.3 Å². The van der Waals surface area contributed by atoms with E-state index in [0.29, 0.717) is 34.3 Å². The van der Waals surface area contributed by atoms with Crippen LogP contribution >= 0.6 is 0 Å². The van der Waals surface area contributed by atoms with Gasteiger partial charge in [-0.15, -0.1) is 0 Å². The lowest BCUT2D eigenvalue weighted by molar-refractivity contribution is -0.139. The molecule has 8 nitrogen and oxygen atoms in total. The molecule has 3 aliphatic rings. The van der Waals surface area contributed by atoms with Crippen molar-refractivity contribution >= 4 is 39.9 Å². The minimum Gasteiger partial charge on any atom is -0.360 e. The van der Waals surface area contributed by atoms with Crippen LogP contribution in [0.3, 0.4) is 0 Å². The van der Waals surface area contributed by atoms with E-state index in [2.05, 4.69) is 23.3 Å². The second kappa shape index (κ2) is 9.65. The molecule has 7 rings (SSSR count). The van der Waals surface area contributed by atoms with E-state index in [4.69, 9.17) is 0 Å². The lowest BCUT2D eigenvalue weighted by atomic mass is 9.51. The van der Waals surface area contributed by atoms with Crippen LogP contribution in [0.4, 0.5) is 11.4 Å². The zero-order chi connectivity index (χ0) is 30.0. The van der Waals surface area contributed by atoms with Gasteiger partial charge in [0.1, 0.15) is 11.0 Å². The number of anilines is 2. The number of ketones is 1. The van der Waals surface area contributed by atoms with Crippen molar-refractivity contribution in [2.45, 2.75) is 43.6 Å². The summed E-state index contributed by atoms with van der Waals surface area (Å²) in [7, 11) is 1.77. The lowest BCUT2D eigenvalue weighted by Crippen LogP contribution is -2.65. The Hall–Kier alpha value is -4.74. The number of rotatable bonds is 7. The van der Waals surface area contributed by atoms with Crippen molar-refractivity contribution in [2.75, 3.05) is 30.4 Å². The van der Waals surface area contributed by atoms with Gasteiger partial charge < -0.3 is 15.2 Å². The number of para-hydroxylation sites is 3. The molecular formula is C35H33N5O3. The number of aromatic nitrogens is 1. The maximum Gasteiger partial charge on any atom is 0.253 e. The zero-order valence-corrected chi connectivity index (χ0v) is 24.3. The predicted molar refractivity (Wildman–Crippen MR) is 165 cm³/mol. The van der Waals surface area contributed by atoms with E-state index in [0.717, 1.165) is 36.9 Å². The topological polar surface area (TPSA) is 109 Å². The normalized spacial score (nSPS) is 25.8. The number of nitriles is 1. The number of nitrogens with zero attached hydrogens (tertiary/aromatic N) is 3. The van der Waals surface area contributed by atoms with Crippen LogP contribution in [-0.4, -0.2) is 47.6 Å². The first-order valence-electron chi connectivity index (χ1n) is 15.0. The second-order valence-corrected chi connectivity index (χ2v) is 11.9. The van der Waals surface area contributed by atoms with Crippen molar-refractivity contribution in [3.05, 3.63) is 95.7 Å². The van der Waals surface area contributed by atoms with Crippen molar-refractivity contribution in [2.24, 2.45) is 5.41 Å². The first kappa shape index (κ1) is 27.1. The van der Waals surface area contributed by atoms with E-state index in [1.165, 1.54) is 0 Å². The molecule has 1 saturated heterocycles. The van der Waals surface area contributed by atoms with Gasteiger partial charge in [0.15, 0.2) is 11.2 Å². The summed E-state index contributed by atoms with van der Waals surface area (Å²) < 4.78 is 0. The fraction of sp³-hybridized carbons (Fsp3) is 0.314. The number of Topliss-reactive ketones (excluding diaryl/α,β-unsaturated/α-hetero) is 1. The number of carbonyl (C=O) groups excluding carboxylic acids is 3. The molecule has 216 valence electrons. The average molecular weight is 572 g/mol. The molecule has 4 aromatic rings. The SMILES string of the molecule is CCCCCCN1C(=O)[C@@]2(c3ccccc31)N(C)C[C@](C#N)(C(=O)c1c[nH]c3ccccc13)[C@]21C(=O)Nc2ccccc21. The number of likely N-dealkylation sites (tertiary alicyclic amines) is 1. The highest BCUT2D eigenvalue weighted by molar-refractivity contribution is 6.24. The third-order valence-electron chi connectivity index (χ3n) is 9.94. The van der Waals surface area contributed by atoms with Gasteiger partial charge in [0.25, 0.3) is 5.91 Å². The Morgan fingerprint density at radius 1 is 0.953 bits per heavy atom. The minimum atomic E-state index is -1.93. The number of nitrogens with one attached hydrogen (secondary N) is 2. The Morgan fingerprint density at radius 3 is 2.47 bits per heavy atom. The van der Waals surface area contributed by atoms with Gasteiger partial charge in [-0.1, -0.05) is 80.8 Å². The maximum atomic E-state index is 15.2. The summed E-state index contributed by atoms with van der Waals surface area (Å²) in [5.74, 6) is -1.26. The summed E-state index contributed by atoms with van der Waals surface area (Å²) >= 11 is 0. The zero-order valence-electron chi connectivity index (χ0n) is 24.3. The van der Waals surface area contributed by atoms with Crippen LogP contribution in [0.25, 0.3) is 10.9 Å². The number of fused-ring (bicyclic) bond motifs is 6. The van der Waals surface area contributed by atoms with Gasteiger partial charge in [0, 0.05) is 52.7 Å². The molecule has 2 N–H and O–H groups in total. The van der Waals surface area contributed by atoms with Gasteiger partial charge in [-0.05, 0) is 37.2 Å². The van der Waals surface area contributed by atoms with Gasteiger partial charge in [0.05, 0.1) is 6.07 Å². The molecule has 43 heavy (non-hydrogen) atoms. The highest BCUT2D eigenvalue weighted by Crippen LogP contribution is 2.69. The number of carbonyl (C=O) groups is 3. The van der Waals surface area contributed by atoms with E-state index in [-0.39, 0.29) is 12.5 Å². The molecule has 0 saturated carbocycles. The Balaban J connectivity index is 1.53. The molecule has 4 heterocycles. The minimum absolute atomic E-state index is 0.104. The van der Waals surface area contributed by atoms with E-state index >= 15 is 9.59 Å². The number of amides is 2. The highest BCUT2D eigenvalue weighted by Gasteiger charge is 2.84. The molecule has 0 bridgehead atoms. The van der Waals surface area contributed by atoms with E-state index in [1.54, 1.807) is 41.2 Å². The first-order valence-corrected chi connectivity index (χ1v) is 15.0. The predicted octanol–water partition coefficient (Wildman–Crippen LogP) is 5.52. The number of benzene rings is 3. The summed E-state index contributed by atoms with van der Waals surface area (Å²) in [6.07, 6.45) is 5.53. The largest absolute Gasteiger partial charge is 0.360 e. The van der Waals surface area contributed by atoms with Crippen molar-refractivity contribution in [1.29, 1.82) is 5.26 Å². The third kappa shape index (κ3) is 3.15. The molecule has 1 aromatic heterocycles. The second-order valence-electron chi connectivity index (χ2n) is 11.9. The fourth-order valence-electron chi connectivity index (χ4n) is 8.21. The van der Waals surface area contributed by atoms with Crippen LogP contribution < -0.4 is 10.2 Å². The molecule has 8 heteroatoms. The van der Waals surface area contributed by atoms with Crippen LogP contribution in [-0.2, 0) is 20.5 Å². The van der Waals surface area contributed by atoms with E-state index < -0.39 is 28.1 Å². The summed E-state index contributed by atoms with van der Waals surface area (Å²) in [5.41, 5.74) is -1.95. The van der Waals surface area contributed by atoms with Gasteiger partial charge >= 0.3 is 0 Å². The van der Waals surface area contributed by atoms with Crippen LogP contribution in [0.5, 0.6) is 0 Å². The van der Waals surface area contributed by atoms with Crippen LogP contribution in [0.15, 0.2) is 79.0 Å². The standard InChI is InChI=1S/C35H33N5O3/c1-3-4-5-12-19-40-29-18-11-8-15-26(29)35(32(40)43)34(25-14-7-10-17-28(25)38-31(34)42)33(21-36,22-39(35)2)30(41)24-20-37-27-16-9-6-13-23(24)27/h6-11,13-18,20,37H,3-5,12,19,22H2,1-2H3,(H,38,42)/t33-,34+,35-/m1/s1. The molecule has 3 atom stereocenters. The fourth-order valence-corrected chi connectivity index (χ4v) is 8.21. The van der Waals surface area contributed by atoms with Crippen LogP contribution in [0.1, 0.15) is 54.1 Å². The number of H-pyrrole nitrogens is 1. The van der Waals surface area contributed by atoms with Gasteiger partial charge in [-0.2, -0.15) is 5.26 Å². The molecule has 2 spiro atoms. The van der Waals surface area contributed by atoms with E-state index in [9.17, 15) is 10.1 Å². The third-order valence-corrected chi connectivity index (χ3v) is 9.94. The quantitative estimate of drug-likeness (QED) is 0.224. The Kier molecular flexibility index (Phi) is 6.08. The number of likely N-dealkylation sites (N-methyl/N-ethyl adjacent to an activating group) is 1. The van der Waals surface area contributed by atoms with Crippen molar-refractivity contribution in [3.8, 4) is 6.07 Å². The summed E-state index contributed by atoms with van der Waals surface area (Å²) in [6, 6.07) is 24.6. The van der Waals surface area contributed by atoms with Gasteiger partial charge in [0.2, 0.25) is 5.91 Å². The molecular weight excluding hydrogens is 538 g/mol. The van der Waals surface area contributed by atoms with Crippen molar-refractivity contribution in [3.63, 3.8) is 0 Å². The van der Waals surface area contributed by atoms with Crippen molar-refractivity contribution in [1.82, 2.24) is 9.88 Å².